The molecule has 0 saturated carbocycles. The lowest BCUT2D eigenvalue weighted by molar-refractivity contribution is -0.136. The lowest BCUT2D eigenvalue weighted by Gasteiger charge is -2.18. The first-order valence-electron chi connectivity index (χ1n) is 8.25. The molecule has 3 rings (SSSR count). The molecule has 0 fully saturated rings. The van der Waals surface area contributed by atoms with Crippen molar-refractivity contribution >= 4 is 35.2 Å². The van der Waals surface area contributed by atoms with Crippen LogP contribution < -0.4 is 10.1 Å². The summed E-state index contributed by atoms with van der Waals surface area (Å²) in [4.78, 5) is 26.0. The van der Waals surface area contributed by atoms with E-state index in [9.17, 15) is 9.59 Å². The van der Waals surface area contributed by atoms with Crippen LogP contribution in [0.4, 0.5) is 5.69 Å². The summed E-state index contributed by atoms with van der Waals surface area (Å²) in [6, 6.07) is 10.2. The molecule has 0 radical (unpaired) electrons. The molecule has 1 aliphatic rings. The number of carbonyl (C=O) groups excluding carboxylic acids is 2. The van der Waals surface area contributed by atoms with Crippen molar-refractivity contribution in [3.05, 3.63) is 68.7 Å². The predicted molar refractivity (Wildman–Crippen MR) is 104 cm³/mol. The third-order valence-corrected chi connectivity index (χ3v) is 4.25. The molecule has 0 aromatic heterocycles. The molecular formula is C19H15ClN4O4. The number of fused-ring (bicyclic) bond motifs is 1. The van der Waals surface area contributed by atoms with Crippen LogP contribution in [0.25, 0.3) is 16.5 Å². The molecule has 0 unspecified atom stereocenters. The van der Waals surface area contributed by atoms with E-state index < -0.39 is 5.97 Å². The largest absolute Gasteiger partial charge is 0.466 e. The third-order valence-electron chi connectivity index (χ3n) is 4.02. The molecule has 28 heavy (non-hydrogen) atoms. The van der Waals surface area contributed by atoms with Gasteiger partial charge in [0.05, 0.1) is 7.11 Å². The highest BCUT2D eigenvalue weighted by atomic mass is 35.5. The van der Waals surface area contributed by atoms with Gasteiger partial charge in [-0.1, -0.05) is 22.8 Å². The number of carbonyl (C=O) groups is 2. The summed E-state index contributed by atoms with van der Waals surface area (Å²) >= 11 is 6.07. The van der Waals surface area contributed by atoms with Gasteiger partial charge in [-0.15, -0.1) is 0 Å². The zero-order chi connectivity index (χ0) is 20.1. The molecule has 0 bridgehead atoms. The Morgan fingerprint density at radius 1 is 1.29 bits per heavy atom. The van der Waals surface area contributed by atoms with Gasteiger partial charge in [0.25, 0.3) is 0 Å². The molecule has 0 saturated heterocycles. The number of rotatable bonds is 5. The summed E-state index contributed by atoms with van der Waals surface area (Å²) in [5, 5.41) is 6.59. The summed E-state index contributed by atoms with van der Waals surface area (Å²) in [6.07, 6.45) is 2.46. The van der Waals surface area contributed by atoms with Crippen LogP contribution in [-0.2, 0) is 20.7 Å². The Kier molecular flexibility index (Phi) is 5.84. The van der Waals surface area contributed by atoms with Crippen LogP contribution in [0.15, 0.2) is 47.2 Å². The molecular weight excluding hydrogens is 384 g/mol. The van der Waals surface area contributed by atoms with Gasteiger partial charge in [0.2, 0.25) is 5.91 Å². The molecule has 142 valence electrons. The monoisotopic (exact) mass is 398 g/mol. The zero-order valence-electron chi connectivity index (χ0n) is 14.8. The maximum absolute atomic E-state index is 11.8. The van der Waals surface area contributed by atoms with Gasteiger partial charge in [-0.05, 0) is 41.8 Å². The van der Waals surface area contributed by atoms with E-state index in [0.29, 0.717) is 40.6 Å². The Bertz CT molecular complexity index is 1030. The fourth-order valence-corrected chi connectivity index (χ4v) is 2.85. The van der Waals surface area contributed by atoms with E-state index in [1.54, 1.807) is 30.3 Å². The van der Waals surface area contributed by atoms with E-state index in [1.807, 2.05) is 6.07 Å². The van der Waals surface area contributed by atoms with Crippen molar-refractivity contribution < 1.29 is 19.1 Å². The molecule has 1 amide bonds. The van der Waals surface area contributed by atoms with Crippen LogP contribution >= 0.6 is 11.6 Å². The second-order valence-electron chi connectivity index (χ2n) is 5.86. The average molecular weight is 399 g/mol. The molecule has 0 aliphatic carbocycles. The molecule has 8 nitrogen and oxygen atoms in total. The maximum atomic E-state index is 11.8. The van der Waals surface area contributed by atoms with E-state index in [2.05, 4.69) is 20.1 Å². The zero-order valence-corrected chi connectivity index (χ0v) is 15.6. The number of methoxy groups -OCH3 is 1. The number of azide groups is 1. The molecule has 0 spiro atoms. The number of esters is 1. The second kappa shape index (κ2) is 8.47. The number of amides is 1. The smallest absolute Gasteiger partial charge is 0.340 e. The summed E-state index contributed by atoms with van der Waals surface area (Å²) in [5.41, 5.74) is 10.6. The SMILES string of the molecule is COC(=O)/C(=C\c1ccc(Cl)cc1Oc1ccc2c(c1)NC(=O)CC2)N=[N+]=[N-]. The lowest BCUT2D eigenvalue weighted by Crippen LogP contribution is -2.18. The van der Waals surface area contributed by atoms with Gasteiger partial charge in [-0.3, -0.25) is 4.79 Å². The molecule has 1 N–H and O–H groups in total. The van der Waals surface area contributed by atoms with Crippen molar-refractivity contribution in [1.82, 2.24) is 0 Å². The number of nitrogens with zero attached hydrogens (tertiary/aromatic N) is 3. The maximum Gasteiger partial charge on any atom is 0.340 e. The number of halogens is 1. The highest BCUT2D eigenvalue weighted by Gasteiger charge is 2.16. The first kappa shape index (κ1) is 19.3. The summed E-state index contributed by atoms with van der Waals surface area (Å²) in [7, 11) is 1.18. The number of benzene rings is 2. The second-order valence-corrected chi connectivity index (χ2v) is 6.30. The van der Waals surface area contributed by atoms with E-state index in [-0.39, 0.29) is 11.6 Å². The Balaban J connectivity index is 1.98. The topological polar surface area (TPSA) is 113 Å². The van der Waals surface area contributed by atoms with Gasteiger partial charge >= 0.3 is 5.97 Å². The first-order valence-corrected chi connectivity index (χ1v) is 8.63. The van der Waals surface area contributed by atoms with E-state index >= 15 is 0 Å². The van der Waals surface area contributed by atoms with Crippen LogP contribution in [0.1, 0.15) is 17.5 Å². The minimum atomic E-state index is -0.782. The number of nitrogens with one attached hydrogen (secondary N) is 1. The van der Waals surface area contributed by atoms with Crippen LogP contribution in [0.5, 0.6) is 11.5 Å². The average Bonchev–Trinajstić information content (AvgIpc) is 2.68. The number of aryl methyl sites for hydroxylation is 1. The Morgan fingerprint density at radius 3 is 2.86 bits per heavy atom. The Labute approximate surface area is 165 Å². The van der Waals surface area contributed by atoms with Crippen LogP contribution in [-0.4, -0.2) is 19.0 Å². The minimum Gasteiger partial charge on any atom is -0.466 e. The number of anilines is 1. The first-order chi connectivity index (χ1) is 13.5. The van der Waals surface area contributed by atoms with Gasteiger partial charge in [-0.2, -0.15) is 0 Å². The molecule has 0 atom stereocenters. The van der Waals surface area contributed by atoms with Gasteiger partial charge in [0.1, 0.15) is 17.2 Å². The summed E-state index contributed by atoms with van der Waals surface area (Å²) < 4.78 is 10.5. The quantitative estimate of drug-likeness (QED) is 0.255. The van der Waals surface area contributed by atoms with Gasteiger partial charge in [0.15, 0.2) is 0 Å². The highest BCUT2D eigenvalue weighted by molar-refractivity contribution is 6.30. The number of hydrogen-bond acceptors (Lipinski definition) is 5. The minimum absolute atomic E-state index is 0.0480. The molecule has 2 aromatic carbocycles. The van der Waals surface area contributed by atoms with Crippen LogP contribution in [0.2, 0.25) is 5.02 Å². The highest BCUT2D eigenvalue weighted by Crippen LogP contribution is 2.33. The standard InChI is InChI=1S/C19H15ClN4O4/c1-27-19(26)16(23-24-21)8-12-2-5-13(20)9-17(12)28-14-6-3-11-4-7-18(25)22-15(11)10-14/h2-3,5-6,8-10H,4,7H2,1H3,(H,22,25)/b16-8+. The van der Waals surface area contributed by atoms with E-state index in [0.717, 1.165) is 5.56 Å². The molecule has 2 aromatic rings. The predicted octanol–water partition coefficient (Wildman–Crippen LogP) is 4.84. The molecule has 1 heterocycles. The van der Waals surface area contributed by atoms with Crippen molar-refractivity contribution in [1.29, 1.82) is 0 Å². The summed E-state index contributed by atoms with van der Waals surface area (Å²) in [6.45, 7) is 0. The molecule has 9 heteroatoms. The van der Waals surface area contributed by atoms with Crippen molar-refractivity contribution in [3.63, 3.8) is 0 Å². The fourth-order valence-electron chi connectivity index (χ4n) is 2.69. The lowest BCUT2D eigenvalue weighted by atomic mass is 10.0. The number of hydrogen-bond donors (Lipinski definition) is 1. The number of ether oxygens (including phenoxy) is 2. The van der Waals surface area contributed by atoms with Gasteiger partial charge in [-0.25, -0.2) is 4.79 Å². The van der Waals surface area contributed by atoms with Crippen LogP contribution in [0, 0.1) is 0 Å². The van der Waals surface area contributed by atoms with Crippen molar-refractivity contribution in [3.8, 4) is 11.5 Å². The summed E-state index contributed by atoms with van der Waals surface area (Å²) in [5.74, 6) is -0.0197. The molecule has 1 aliphatic heterocycles. The van der Waals surface area contributed by atoms with Gasteiger partial charge < -0.3 is 14.8 Å². The van der Waals surface area contributed by atoms with Crippen LogP contribution in [0.3, 0.4) is 0 Å². The third kappa shape index (κ3) is 4.43. The Morgan fingerprint density at radius 2 is 2.11 bits per heavy atom. The Hall–Kier alpha value is -3.48. The van der Waals surface area contributed by atoms with Crippen molar-refractivity contribution in [2.75, 3.05) is 12.4 Å². The normalized spacial score (nSPS) is 13.1. The van der Waals surface area contributed by atoms with Gasteiger partial charge in [0, 0.05) is 39.7 Å². The van der Waals surface area contributed by atoms with Crippen molar-refractivity contribution in [2.24, 2.45) is 5.11 Å². The van der Waals surface area contributed by atoms with E-state index in [1.165, 1.54) is 13.2 Å². The van der Waals surface area contributed by atoms with Crippen molar-refractivity contribution in [2.45, 2.75) is 12.8 Å². The van der Waals surface area contributed by atoms with E-state index in [4.69, 9.17) is 21.9 Å². The fraction of sp³-hybridized carbons (Fsp3) is 0.158.